The van der Waals surface area contributed by atoms with E-state index in [1.165, 1.54) is 0 Å². The van der Waals surface area contributed by atoms with Crippen LogP contribution in [0.25, 0.3) is 0 Å². The van der Waals surface area contributed by atoms with E-state index in [0.29, 0.717) is 33.1 Å². The molecule has 1 heterocycles. The molecule has 0 aliphatic carbocycles. The number of carbonyl (C=O) groups is 2. The van der Waals surface area contributed by atoms with Crippen LogP contribution in [0, 0.1) is 0 Å². The molecule has 0 saturated carbocycles. The van der Waals surface area contributed by atoms with Crippen molar-refractivity contribution in [2.45, 2.75) is 59.2 Å². The maximum absolute atomic E-state index is 12.4. The maximum atomic E-state index is 12.4. The molecular formula is C23H35IN4O5. The average Bonchev–Trinajstić information content (AvgIpc) is 3.46. The van der Waals surface area contributed by atoms with Gasteiger partial charge in [0.05, 0.1) is 0 Å². The first-order chi connectivity index (χ1) is 15.3. The molecule has 0 radical (unpaired) electrons. The first kappa shape index (κ1) is 26.9. The number of alkyl carbamates (subject to hydrolysis) is 2. The van der Waals surface area contributed by atoms with Gasteiger partial charge in [0.1, 0.15) is 5.60 Å². The molecule has 0 bridgehead atoms. The number of rotatable bonds is 6. The molecule has 1 unspecified atom stereocenters. The van der Waals surface area contributed by atoms with Crippen molar-refractivity contribution in [2.75, 3.05) is 18.2 Å². The van der Waals surface area contributed by atoms with Gasteiger partial charge in [-0.3, -0.25) is 0 Å². The van der Waals surface area contributed by atoms with Crippen LogP contribution >= 0.6 is 0 Å². The zero-order valence-electron chi connectivity index (χ0n) is 20.5. The number of ether oxygens (including phenoxy) is 3. The number of halogens is 1. The molecule has 1 atom stereocenters. The van der Waals surface area contributed by atoms with E-state index in [2.05, 4.69) is 17.2 Å². The quantitative estimate of drug-likeness (QED) is 0.101. The molecule has 1 aromatic rings. The van der Waals surface area contributed by atoms with Crippen LogP contribution in [0.1, 0.15) is 47.1 Å². The zero-order valence-corrected chi connectivity index (χ0v) is 22.6. The van der Waals surface area contributed by atoms with Gasteiger partial charge >= 0.3 is 181 Å². The van der Waals surface area contributed by atoms with Crippen LogP contribution in [-0.4, -0.2) is 50.3 Å². The van der Waals surface area contributed by atoms with Gasteiger partial charge in [0.15, 0.2) is 0 Å². The third-order valence-electron chi connectivity index (χ3n) is 4.20. The SMILES string of the molecule is C=C[N+]1(C(=Nc2ccc(CCNC(=O)OC(C)(C)C)c(OC)c2)NC(=O)OC(C)(C)C)C[I-]1. The average molecular weight is 574 g/mol. The fourth-order valence-electron chi connectivity index (χ4n) is 2.70. The Kier molecular flexibility index (Phi) is 8.75. The normalized spacial score (nSPS) is 18.5. The molecule has 1 aromatic carbocycles. The summed E-state index contributed by atoms with van der Waals surface area (Å²) in [6, 6.07) is 5.56. The number of hydrogen-bond acceptors (Lipinski definition) is 6. The Hall–Kier alpha value is -2.34. The van der Waals surface area contributed by atoms with E-state index in [4.69, 9.17) is 19.2 Å². The van der Waals surface area contributed by atoms with Gasteiger partial charge in [-0.15, -0.1) is 0 Å². The molecule has 1 aliphatic heterocycles. The summed E-state index contributed by atoms with van der Waals surface area (Å²) in [5.74, 6) is 1.14. The summed E-state index contributed by atoms with van der Waals surface area (Å²) in [7, 11) is 1.58. The molecular weight excluding hydrogens is 539 g/mol. The molecule has 184 valence electrons. The third kappa shape index (κ3) is 8.84. The van der Waals surface area contributed by atoms with E-state index in [1.54, 1.807) is 19.4 Å². The number of nitrogens with zero attached hydrogens (tertiary/aromatic N) is 2. The number of alkyl halides is 1. The molecule has 1 saturated heterocycles. The Morgan fingerprint density at radius 3 is 2.27 bits per heavy atom. The van der Waals surface area contributed by atoms with Crippen LogP contribution in [0.15, 0.2) is 36.0 Å². The van der Waals surface area contributed by atoms with Crippen molar-refractivity contribution in [1.29, 1.82) is 0 Å². The van der Waals surface area contributed by atoms with E-state index >= 15 is 0 Å². The second kappa shape index (κ2) is 10.7. The van der Waals surface area contributed by atoms with Crippen LogP contribution < -0.4 is 36.8 Å². The van der Waals surface area contributed by atoms with Crippen molar-refractivity contribution < 1.29 is 48.0 Å². The van der Waals surface area contributed by atoms with E-state index in [-0.39, 0.29) is 21.5 Å². The number of hydrogen-bond donors (Lipinski definition) is 2. The van der Waals surface area contributed by atoms with Gasteiger partial charge in [-0.05, 0) is 20.8 Å². The first-order valence-corrected chi connectivity index (χ1v) is 13.1. The van der Waals surface area contributed by atoms with Crippen LogP contribution in [0.2, 0.25) is 0 Å². The Balaban J connectivity index is 2.15. The molecule has 0 spiro atoms. The number of benzene rings is 1. The fraction of sp³-hybridized carbons (Fsp3) is 0.522. The summed E-state index contributed by atoms with van der Waals surface area (Å²) >= 11 is -0.226. The third-order valence-corrected chi connectivity index (χ3v) is 7.20. The number of nitrogens with one attached hydrogen (secondary N) is 2. The van der Waals surface area contributed by atoms with Crippen LogP contribution in [0.3, 0.4) is 0 Å². The van der Waals surface area contributed by atoms with Crippen molar-refractivity contribution in [1.82, 2.24) is 10.6 Å². The molecule has 9 nitrogen and oxygen atoms in total. The van der Waals surface area contributed by atoms with Gasteiger partial charge in [0.2, 0.25) is 0 Å². The molecule has 2 rings (SSSR count). The predicted octanol–water partition coefficient (Wildman–Crippen LogP) is 1.21. The van der Waals surface area contributed by atoms with Crippen LogP contribution in [0.4, 0.5) is 15.3 Å². The minimum atomic E-state index is -0.611. The summed E-state index contributed by atoms with van der Waals surface area (Å²) in [5, 5.41) is 5.55. The van der Waals surface area contributed by atoms with Crippen molar-refractivity contribution in [3.05, 3.63) is 36.5 Å². The van der Waals surface area contributed by atoms with Gasteiger partial charge < -0.3 is 0 Å². The second-order valence-electron chi connectivity index (χ2n) is 9.43. The number of methoxy groups -OCH3 is 1. The van der Waals surface area contributed by atoms with Gasteiger partial charge in [0, 0.05) is 0 Å². The fourth-order valence-corrected chi connectivity index (χ4v) is 4.46. The second-order valence-corrected chi connectivity index (χ2v) is 12.5. The van der Waals surface area contributed by atoms with Crippen molar-refractivity contribution >= 4 is 23.8 Å². The standard InChI is InChI=1S/C23H35IN4O5/c1-9-28(15-24-28)19(27-21(30)33-23(5,6)7)26-17-11-10-16(18(14-17)31-8)12-13-25-20(29)32-22(2,3)4/h9-11,14H,1,12-13,15H2,2-8H3,(H,25,29)(H,26,27,30). The predicted molar refractivity (Wildman–Crippen MR) is 123 cm³/mol. The van der Waals surface area contributed by atoms with Crippen molar-refractivity contribution in [3.63, 3.8) is 0 Å². The van der Waals surface area contributed by atoms with E-state index in [9.17, 15) is 9.59 Å². The minimum absolute atomic E-state index is 0.226. The molecule has 10 heteroatoms. The Morgan fingerprint density at radius 1 is 1.15 bits per heavy atom. The Bertz CT molecular complexity index is 914. The molecule has 1 fully saturated rings. The van der Waals surface area contributed by atoms with Crippen molar-refractivity contribution in [3.8, 4) is 5.75 Å². The number of amides is 2. The summed E-state index contributed by atoms with van der Waals surface area (Å²) < 4.78 is 17.6. The Morgan fingerprint density at radius 2 is 1.76 bits per heavy atom. The number of carbonyl (C=O) groups excluding carboxylic acids is 2. The molecule has 0 aromatic heterocycles. The van der Waals surface area contributed by atoms with E-state index in [0.717, 1.165) is 10.1 Å². The molecule has 2 amide bonds. The zero-order chi connectivity index (χ0) is 24.9. The Labute approximate surface area is 206 Å². The number of aliphatic imine (C=N–C) groups is 1. The number of guanidine groups is 1. The monoisotopic (exact) mass is 574 g/mol. The van der Waals surface area contributed by atoms with Crippen LogP contribution in [-0.2, 0) is 15.9 Å². The summed E-state index contributed by atoms with van der Waals surface area (Å²) in [6.07, 6.45) is 1.36. The summed E-state index contributed by atoms with van der Waals surface area (Å²) in [5.41, 5.74) is 0.399. The summed E-state index contributed by atoms with van der Waals surface area (Å²) in [4.78, 5) is 28.9. The topological polar surface area (TPSA) is 98.3 Å². The molecule has 2 N–H and O–H groups in total. The van der Waals surface area contributed by atoms with Crippen molar-refractivity contribution in [2.24, 2.45) is 4.99 Å². The van der Waals surface area contributed by atoms with Gasteiger partial charge in [0.25, 0.3) is 0 Å². The van der Waals surface area contributed by atoms with E-state index in [1.807, 2.05) is 53.7 Å². The van der Waals surface area contributed by atoms with Gasteiger partial charge in [-0.25, -0.2) is 0 Å². The summed E-state index contributed by atoms with van der Waals surface area (Å²) in [6.45, 7) is 15.2. The van der Waals surface area contributed by atoms with Gasteiger partial charge in [-0.1, -0.05) is 0 Å². The van der Waals surface area contributed by atoms with Gasteiger partial charge in [-0.2, -0.15) is 0 Å². The molecule has 33 heavy (non-hydrogen) atoms. The number of quaternary nitrogens is 1. The molecule has 1 aliphatic rings. The van der Waals surface area contributed by atoms with E-state index < -0.39 is 23.4 Å². The first-order valence-electron chi connectivity index (χ1n) is 10.6. The van der Waals surface area contributed by atoms with Crippen LogP contribution in [0.5, 0.6) is 5.75 Å².